The van der Waals surface area contributed by atoms with Crippen LogP contribution in [0.25, 0.3) is 0 Å². The van der Waals surface area contributed by atoms with E-state index >= 15 is 0 Å². The van der Waals surface area contributed by atoms with Gasteiger partial charge >= 0.3 is 24.1 Å². The van der Waals surface area contributed by atoms with E-state index in [1.807, 2.05) is 55.4 Å². The van der Waals surface area contributed by atoms with Crippen molar-refractivity contribution in [3.63, 3.8) is 0 Å². The van der Waals surface area contributed by atoms with E-state index < -0.39 is 36.2 Å². The molecule has 0 bridgehead atoms. The molecule has 0 fully saturated rings. The maximum atomic E-state index is 12.6. The van der Waals surface area contributed by atoms with Crippen LogP contribution >= 0.6 is 0 Å². The molecule has 0 saturated carbocycles. The first-order valence-electron chi connectivity index (χ1n) is 13.6. The minimum absolute atomic E-state index is 0.0247. The molecule has 10 heteroatoms. The van der Waals surface area contributed by atoms with Gasteiger partial charge < -0.3 is 29.4 Å². The molecule has 0 aromatic heterocycles. The molecule has 0 saturated heterocycles. The summed E-state index contributed by atoms with van der Waals surface area (Å²) >= 11 is 0. The van der Waals surface area contributed by atoms with Crippen LogP contribution in [0, 0.1) is 16.7 Å². The van der Waals surface area contributed by atoms with Crippen LogP contribution in [-0.4, -0.2) is 54.0 Å². The predicted molar refractivity (Wildman–Crippen MR) is 150 cm³/mol. The fourth-order valence-corrected chi connectivity index (χ4v) is 3.34. The monoisotopic (exact) mass is 565 g/mol. The van der Waals surface area contributed by atoms with Crippen molar-refractivity contribution in [2.24, 2.45) is 16.7 Å². The van der Waals surface area contributed by atoms with Crippen molar-refractivity contribution >= 4 is 24.1 Å². The van der Waals surface area contributed by atoms with Gasteiger partial charge in [-0.15, -0.1) is 0 Å². The highest BCUT2D eigenvalue weighted by Crippen LogP contribution is 2.32. The lowest BCUT2D eigenvalue weighted by atomic mass is 9.92. The topological polar surface area (TPSA) is 137 Å². The number of hydrogen-bond acceptors (Lipinski definition) is 9. The summed E-state index contributed by atoms with van der Waals surface area (Å²) in [5.41, 5.74) is -0.0911. The maximum absolute atomic E-state index is 12.6. The molecule has 1 rings (SSSR count). The molecule has 0 spiro atoms. The molecule has 1 aromatic carbocycles. The Morgan fingerprint density at radius 2 is 1.35 bits per heavy atom. The summed E-state index contributed by atoms with van der Waals surface area (Å²) in [6, 6.07) is 3.57. The van der Waals surface area contributed by atoms with Crippen LogP contribution in [0.5, 0.6) is 11.5 Å². The molecular weight excluding hydrogens is 518 g/mol. The second-order valence-electron chi connectivity index (χ2n) is 13.0. The highest BCUT2D eigenvalue weighted by molar-refractivity contribution is 5.77. The summed E-state index contributed by atoms with van der Waals surface area (Å²) in [7, 11) is 0. The van der Waals surface area contributed by atoms with Crippen molar-refractivity contribution in [3.8, 4) is 11.5 Å². The molecule has 0 aliphatic rings. The van der Waals surface area contributed by atoms with Gasteiger partial charge in [0, 0.05) is 6.54 Å². The number of carboxylic acid groups (broad SMARTS) is 1. The van der Waals surface area contributed by atoms with Gasteiger partial charge in [0.05, 0.1) is 12.8 Å². The number of hydrogen-bond donors (Lipinski definition) is 2. The van der Waals surface area contributed by atoms with E-state index in [0.717, 1.165) is 0 Å². The smallest absolute Gasteiger partial charge is 0.480 e. The highest BCUT2D eigenvalue weighted by Gasteiger charge is 2.25. The van der Waals surface area contributed by atoms with Crippen LogP contribution in [0.2, 0.25) is 0 Å². The van der Waals surface area contributed by atoms with Crippen molar-refractivity contribution in [3.05, 3.63) is 23.8 Å². The Labute approximate surface area is 238 Å². The van der Waals surface area contributed by atoms with Crippen molar-refractivity contribution in [1.82, 2.24) is 5.32 Å². The molecular formula is C30H47NO9. The van der Waals surface area contributed by atoms with Gasteiger partial charge in [-0.3, -0.25) is 14.4 Å². The third-order valence-corrected chi connectivity index (χ3v) is 5.71. The molecule has 1 aromatic rings. The van der Waals surface area contributed by atoms with Crippen LogP contribution in [0.3, 0.4) is 0 Å². The fraction of sp³-hybridized carbons (Fsp3) is 0.667. The van der Waals surface area contributed by atoms with Gasteiger partial charge in [-0.25, -0.2) is 4.79 Å². The molecule has 226 valence electrons. The average molecular weight is 566 g/mol. The Morgan fingerprint density at radius 1 is 0.825 bits per heavy atom. The molecule has 0 aliphatic carbocycles. The van der Waals surface area contributed by atoms with Crippen LogP contribution in [0.4, 0.5) is 4.79 Å². The van der Waals surface area contributed by atoms with E-state index in [0.29, 0.717) is 5.56 Å². The molecule has 0 radical (unpaired) electrons. The Balaban J connectivity index is 3.02. The van der Waals surface area contributed by atoms with Crippen LogP contribution in [0.1, 0.15) is 87.6 Å². The zero-order valence-electron chi connectivity index (χ0n) is 25.6. The first-order valence-corrected chi connectivity index (χ1v) is 13.6. The Morgan fingerprint density at radius 3 is 1.82 bits per heavy atom. The Hall–Kier alpha value is -3.14. The molecule has 2 unspecified atom stereocenters. The Kier molecular flexibility index (Phi) is 13.1. The number of carboxylic acids is 1. The van der Waals surface area contributed by atoms with E-state index in [1.165, 1.54) is 12.1 Å². The van der Waals surface area contributed by atoms with Gasteiger partial charge in [0.15, 0.2) is 11.5 Å². The number of benzene rings is 1. The molecule has 10 nitrogen and oxygen atoms in total. The number of carbonyl (C=O) groups excluding carboxylic acids is 3. The van der Waals surface area contributed by atoms with Gasteiger partial charge in [-0.1, -0.05) is 61.5 Å². The Bertz CT molecular complexity index is 1020. The standard InChI is InChI=1S/C30H47NO9/c1-18(2)20(4)38-28(36)37-19(3)17-31-22(27(34)35)13-21-11-12-23(39-25(32)15-29(5,6)7)24(14-21)40-26(33)16-30(8,9)10/h11-12,14,18-20,22,31H,13,15-17H2,1-10H3,(H,34,35)/t19?,20?,22-/m0/s1. The number of ether oxygens (including phenoxy) is 4. The summed E-state index contributed by atoms with van der Waals surface area (Å²) in [6.45, 7) is 18.7. The fourth-order valence-electron chi connectivity index (χ4n) is 3.34. The first kappa shape index (κ1) is 34.9. The van der Waals surface area contributed by atoms with E-state index in [-0.39, 0.29) is 60.2 Å². The summed E-state index contributed by atoms with van der Waals surface area (Å²) in [5.74, 6) is -1.85. The zero-order chi connectivity index (χ0) is 30.8. The molecule has 0 aliphatic heterocycles. The van der Waals surface area contributed by atoms with Crippen LogP contribution in [-0.2, 0) is 30.3 Å². The minimum Gasteiger partial charge on any atom is -0.480 e. The van der Waals surface area contributed by atoms with E-state index in [2.05, 4.69) is 5.32 Å². The summed E-state index contributed by atoms with van der Waals surface area (Å²) in [4.78, 5) is 49.0. The van der Waals surface area contributed by atoms with E-state index in [9.17, 15) is 24.3 Å². The van der Waals surface area contributed by atoms with Gasteiger partial charge in [-0.05, 0) is 54.7 Å². The zero-order valence-corrected chi connectivity index (χ0v) is 25.6. The lowest BCUT2D eigenvalue weighted by Crippen LogP contribution is -2.43. The number of aliphatic carboxylic acids is 1. The van der Waals surface area contributed by atoms with Crippen molar-refractivity contribution in [1.29, 1.82) is 0 Å². The van der Waals surface area contributed by atoms with E-state index in [1.54, 1.807) is 19.9 Å². The van der Waals surface area contributed by atoms with Gasteiger partial charge in [0.25, 0.3) is 0 Å². The molecule has 2 N–H and O–H groups in total. The number of esters is 2. The largest absolute Gasteiger partial charge is 0.508 e. The summed E-state index contributed by atoms with van der Waals surface area (Å²) < 4.78 is 21.5. The van der Waals surface area contributed by atoms with Crippen molar-refractivity contribution in [2.45, 2.75) is 107 Å². The molecule has 3 atom stereocenters. The lowest BCUT2D eigenvalue weighted by Gasteiger charge is -2.21. The second-order valence-corrected chi connectivity index (χ2v) is 13.0. The number of rotatable bonds is 13. The minimum atomic E-state index is -1.12. The van der Waals surface area contributed by atoms with Crippen molar-refractivity contribution < 1.29 is 43.2 Å². The average Bonchev–Trinajstić information content (AvgIpc) is 2.75. The predicted octanol–water partition coefficient (Wildman–Crippen LogP) is 5.54. The number of carbonyl (C=O) groups is 4. The molecule has 40 heavy (non-hydrogen) atoms. The van der Waals surface area contributed by atoms with Crippen LogP contribution < -0.4 is 14.8 Å². The number of nitrogens with one attached hydrogen (secondary N) is 1. The van der Waals surface area contributed by atoms with Gasteiger partial charge in [-0.2, -0.15) is 0 Å². The third kappa shape index (κ3) is 14.3. The maximum Gasteiger partial charge on any atom is 0.508 e. The highest BCUT2D eigenvalue weighted by atomic mass is 16.7. The van der Waals surface area contributed by atoms with Crippen LogP contribution in [0.15, 0.2) is 18.2 Å². The quantitative estimate of drug-likeness (QED) is 0.231. The third-order valence-electron chi connectivity index (χ3n) is 5.71. The van der Waals surface area contributed by atoms with Gasteiger partial charge in [0.2, 0.25) is 0 Å². The second kappa shape index (κ2) is 15.0. The SMILES string of the molecule is CC(CN[C@@H](Cc1ccc(OC(=O)CC(C)(C)C)c(OC(=O)CC(C)(C)C)c1)C(=O)O)OC(=O)OC(C)C(C)C. The molecule has 0 amide bonds. The summed E-state index contributed by atoms with van der Waals surface area (Å²) in [6.07, 6.45) is -1.48. The lowest BCUT2D eigenvalue weighted by molar-refractivity contribution is -0.139. The molecule has 0 heterocycles. The normalized spacial score (nSPS) is 14.2. The van der Waals surface area contributed by atoms with E-state index in [4.69, 9.17) is 18.9 Å². The van der Waals surface area contributed by atoms with Gasteiger partial charge in [0.1, 0.15) is 18.2 Å². The van der Waals surface area contributed by atoms with Crippen molar-refractivity contribution in [2.75, 3.05) is 6.54 Å². The first-order chi connectivity index (χ1) is 18.3. The summed E-state index contributed by atoms with van der Waals surface area (Å²) in [5, 5.41) is 12.7.